The second-order valence-corrected chi connectivity index (χ2v) is 6.05. The highest BCUT2D eigenvalue weighted by Crippen LogP contribution is 2.28. The highest BCUT2D eigenvalue weighted by atomic mass is 35.5. The zero-order valence-electron chi connectivity index (χ0n) is 14.0. The van der Waals surface area contributed by atoms with Crippen LogP contribution in [0.2, 0.25) is 5.02 Å². The van der Waals surface area contributed by atoms with Crippen molar-refractivity contribution in [2.45, 2.75) is 32.9 Å². The quantitative estimate of drug-likeness (QED) is 0.579. The lowest BCUT2D eigenvalue weighted by molar-refractivity contribution is -0.142. The Morgan fingerprint density at radius 2 is 1.88 bits per heavy atom. The maximum atomic E-state index is 14.8. The summed E-state index contributed by atoms with van der Waals surface area (Å²) in [7, 11) is 0. The summed E-state index contributed by atoms with van der Waals surface area (Å²) < 4.78 is 19.6. The number of carbonyl (C=O) groups is 2. The van der Waals surface area contributed by atoms with Crippen LogP contribution in [0.25, 0.3) is 0 Å². The largest absolute Gasteiger partial charge is 0.461 e. The first-order valence-corrected chi connectivity index (χ1v) is 8.23. The van der Waals surface area contributed by atoms with E-state index in [2.05, 4.69) is 0 Å². The maximum absolute atomic E-state index is 14.8. The Hall–Kier alpha value is -2.24. The van der Waals surface area contributed by atoms with E-state index >= 15 is 0 Å². The Morgan fingerprint density at radius 3 is 2.44 bits per heavy atom. The zero-order valence-corrected chi connectivity index (χ0v) is 14.8. The molecule has 138 valence electrons. The molecule has 0 amide bonds. The van der Waals surface area contributed by atoms with Crippen LogP contribution in [0.5, 0.6) is 0 Å². The van der Waals surface area contributed by atoms with Crippen LogP contribution in [-0.2, 0) is 16.1 Å². The number of carbonyl (C=O) groups excluding carboxylic acids is 2. The summed E-state index contributed by atoms with van der Waals surface area (Å²) in [6, 6.07) is 8.86. The van der Waals surface area contributed by atoms with Crippen LogP contribution in [-0.4, -0.2) is 11.8 Å². The average molecular weight is 370 g/mol. The minimum absolute atomic E-state index is 0. The van der Waals surface area contributed by atoms with Gasteiger partial charge in [0.2, 0.25) is 0 Å². The Balaban J connectivity index is 0. The molecule has 0 heterocycles. The first-order valence-electron chi connectivity index (χ1n) is 7.85. The maximum Gasteiger partial charge on any atom is 0.302 e. The molecule has 2 N–H and O–H groups in total. The molecule has 0 bridgehead atoms. The first kappa shape index (κ1) is 19.1. The van der Waals surface area contributed by atoms with Crippen molar-refractivity contribution in [3.63, 3.8) is 0 Å². The molecule has 0 spiro atoms. The number of esters is 1. The standard InChI is InChI=1S/C19H19ClFNO3.3H2/c1-3-16(22)14-8-9-15(20)17(18(14)21)19(24)13-6-4-12(5-7-13)10-25-11(2)23;;;/h4-9,16H,3,10,22H2,1-2H3;3*1H/t16-;;;/m1.../s1. The van der Waals surface area contributed by atoms with Crippen LogP contribution < -0.4 is 5.73 Å². The Bertz CT molecular complexity index is 804. The molecule has 6 heteroatoms. The van der Waals surface area contributed by atoms with Crippen molar-refractivity contribution in [3.05, 3.63) is 69.5 Å². The van der Waals surface area contributed by atoms with E-state index in [4.69, 9.17) is 22.1 Å². The van der Waals surface area contributed by atoms with Gasteiger partial charge in [0.15, 0.2) is 5.78 Å². The molecular weight excluding hydrogens is 345 g/mol. The van der Waals surface area contributed by atoms with E-state index in [1.807, 2.05) is 6.92 Å². The summed E-state index contributed by atoms with van der Waals surface area (Å²) >= 11 is 6.05. The fourth-order valence-corrected chi connectivity index (χ4v) is 2.60. The number of halogens is 2. The normalized spacial score (nSPS) is 11.9. The Kier molecular flexibility index (Phi) is 6.28. The monoisotopic (exact) mass is 369 g/mol. The highest BCUT2D eigenvalue weighted by molar-refractivity contribution is 6.35. The van der Waals surface area contributed by atoms with Crippen LogP contribution >= 0.6 is 11.6 Å². The van der Waals surface area contributed by atoms with E-state index in [0.29, 0.717) is 6.42 Å². The third-order valence-corrected chi connectivity index (χ3v) is 4.16. The van der Waals surface area contributed by atoms with Gasteiger partial charge in [0.05, 0.1) is 10.6 Å². The minimum atomic E-state index is -0.684. The lowest BCUT2D eigenvalue weighted by atomic mass is 9.96. The van der Waals surface area contributed by atoms with Gasteiger partial charge in [-0.2, -0.15) is 0 Å². The number of rotatable bonds is 6. The van der Waals surface area contributed by atoms with Crippen molar-refractivity contribution in [2.24, 2.45) is 5.73 Å². The van der Waals surface area contributed by atoms with E-state index in [1.54, 1.807) is 24.3 Å². The van der Waals surface area contributed by atoms with Crippen LogP contribution in [0.4, 0.5) is 4.39 Å². The van der Waals surface area contributed by atoms with Gasteiger partial charge in [-0.05, 0) is 18.1 Å². The van der Waals surface area contributed by atoms with Crippen molar-refractivity contribution in [1.82, 2.24) is 0 Å². The summed E-state index contributed by atoms with van der Waals surface area (Å²) in [5.41, 5.74) is 6.98. The molecule has 1 atom stereocenters. The number of benzene rings is 2. The summed E-state index contributed by atoms with van der Waals surface area (Å²) in [5.74, 6) is -1.60. The summed E-state index contributed by atoms with van der Waals surface area (Å²) in [6.07, 6.45) is 0.539. The van der Waals surface area contributed by atoms with Gasteiger partial charge in [0.1, 0.15) is 12.4 Å². The molecule has 0 fully saturated rings. The third-order valence-electron chi connectivity index (χ3n) is 3.85. The van der Waals surface area contributed by atoms with Gasteiger partial charge in [-0.15, -0.1) is 0 Å². The second-order valence-electron chi connectivity index (χ2n) is 5.65. The number of nitrogens with two attached hydrogens (primary N) is 1. The highest BCUT2D eigenvalue weighted by Gasteiger charge is 2.22. The van der Waals surface area contributed by atoms with Crippen LogP contribution in [0.1, 0.15) is 57.6 Å². The fourth-order valence-electron chi connectivity index (χ4n) is 2.36. The fraction of sp³-hybridized carbons (Fsp3) is 0.263. The SMILES string of the molecule is CC[C@@H](N)c1ccc(Cl)c(C(=O)c2ccc(COC(C)=O)cc2)c1F.[HH].[HH].[HH]. The van der Waals surface area contributed by atoms with Crippen LogP contribution in [0, 0.1) is 5.82 Å². The molecule has 0 aromatic heterocycles. The Morgan fingerprint density at radius 1 is 1.24 bits per heavy atom. The molecule has 0 radical (unpaired) electrons. The molecule has 0 aliphatic rings. The summed E-state index contributed by atoms with van der Waals surface area (Å²) in [5, 5.41) is 0.0403. The third kappa shape index (κ3) is 4.44. The molecule has 2 aromatic rings. The predicted molar refractivity (Wildman–Crippen MR) is 100 cm³/mol. The van der Waals surface area contributed by atoms with Gasteiger partial charge >= 0.3 is 5.97 Å². The van der Waals surface area contributed by atoms with Gasteiger partial charge in [-0.1, -0.05) is 48.9 Å². The smallest absolute Gasteiger partial charge is 0.302 e. The van der Waals surface area contributed by atoms with Crippen molar-refractivity contribution in [2.75, 3.05) is 0 Å². The van der Waals surface area contributed by atoms with Gasteiger partial charge in [-0.25, -0.2) is 4.39 Å². The van der Waals surface area contributed by atoms with Gasteiger partial charge in [-0.3, -0.25) is 9.59 Å². The number of hydrogen-bond donors (Lipinski definition) is 1. The van der Waals surface area contributed by atoms with Crippen LogP contribution in [0.15, 0.2) is 36.4 Å². The molecular formula is C19H25ClFNO3. The summed E-state index contributed by atoms with van der Waals surface area (Å²) in [4.78, 5) is 23.5. The molecule has 0 saturated carbocycles. The van der Waals surface area contributed by atoms with Gasteiger partial charge < -0.3 is 10.5 Å². The van der Waals surface area contributed by atoms with E-state index < -0.39 is 23.6 Å². The van der Waals surface area contributed by atoms with Crippen LogP contribution in [0.3, 0.4) is 0 Å². The topological polar surface area (TPSA) is 69.4 Å². The lowest BCUT2D eigenvalue weighted by Gasteiger charge is -2.14. The molecule has 2 aromatic carbocycles. The average Bonchev–Trinajstić information content (AvgIpc) is 2.59. The zero-order chi connectivity index (χ0) is 18.6. The second kappa shape index (κ2) is 8.23. The van der Waals surface area contributed by atoms with Crippen molar-refractivity contribution < 1.29 is 23.0 Å². The molecule has 0 saturated heterocycles. The molecule has 0 aliphatic carbocycles. The van der Waals surface area contributed by atoms with Gasteiger partial charge in [0.25, 0.3) is 0 Å². The van der Waals surface area contributed by atoms with Crippen molar-refractivity contribution in [3.8, 4) is 0 Å². The summed E-state index contributed by atoms with van der Waals surface area (Å²) in [6.45, 7) is 3.26. The van der Waals surface area contributed by atoms with E-state index in [-0.39, 0.29) is 32.6 Å². The van der Waals surface area contributed by atoms with Crippen molar-refractivity contribution >= 4 is 23.4 Å². The molecule has 4 nitrogen and oxygen atoms in total. The lowest BCUT2D eigenvalue weighted by Crippen LogP contribution is -2.14. The molecule has 25 heavy (non-hydrogen) atoms. The predicted octanol–water partition coefficient (Wildman–Crippen LogP) is 4.92. The van der Waals surface area contributed by atoms with Gasteiger partial charge in [0, 0.05) is 28.4 Å². The molecule has 2 rings (SSSR count). The Labute approximate surface area is 155 Å². The number of ketones is 1. The van der Waals surface area contributed by atoms with Crippen molar-refractivity contribution in [1.29, 1.82) is 0 Å². The minimum Gasteiger partial charge on any atom is -0.461 e. The molecule has 0 aliphatic heterocycles. The first-order chi connectivity index (χ1) is 11.8. The number of hydrogen-bond acceptors (Lipinski definition) is 4. The number of ether oxygens (including phenoxy) is 1. The molecule has 0 unspecified atom stereocenters. The van der Waals surface area contributed by atoms with E-state index in [9.17, 15) is 14.0 Å². The van der Waals surface area contributed by atoms with E-state index in [0.717, 1.165) is 5.56 Å². The van der Waals surface area contributed by atoms with E-state index in [1.165, 1.54) is 19.1 Å².